The molecule has 5 rings (SSSR count). The topological polar surface area (TPSA) is 272 Å². The number of ether oxygens (including phenoxy) is 1. The molecule has 0 aliphatic carbocycles. The van der Waals surface area contributed by atoms with Gasteiger partial charge in [-0.25, -0.2) is 28.6 Å². The van der Waals surface area contributed by atoms with Crippen molar-refractivity contribution in [2.75, 3.05) is 12.3 Å². The Labute approximate surface area is 247 Å². The van der Waals surface area contributed by atoms with E-state index in [1.807, 2.05) is 12.1 Å². The molecular weight excluding hydrogens is 645 g/mol. The maximum Gasteiger partial charge on any atom is 0.490 e. The molecule has 21 heteroatoms. The number of aliphatic hydroxyl groups is 1. The normalized spacial score (nSPS) is 21.3. The van der Waals surface area contributed by atoms with E-state index in [9.17, 15) is 28.6 Å². The molecule has 2 unspecified atom stereocenters. The molecule has 0 spiro atoms. The molecular formula is C23H23N6O12P3. The van der Waals surface area contributed by atoms with Crippen LogP contribution in [0.3, 0.4) is 0 Å². The van der Waals surface area contributed by atoms with Gasteiger partial charge in [0, 0.05) is 18.8 Å². The summed E-state index contributed by atoms with van der Waals surface area (Å²) in [6.45, 7) is -0.831. The molecule has 0 bridgehead atoms. The van der Waals surface area contributed by atoms with Gasteiger partial charge in [0.2, 0.25) is 0 Å². The number of hydrogen-bond donors (Lipinski definition) is 6. The second-order valence-electron chi connectivity index (χ2n) is 9.10. The van der Waals surface area contributed by atoms with Gasteiger partial charge < -0.3 is 39.7 Å². The van der Waals surface area contributed by atoms with Gasteiger partial charge in [0.25, 0.3) is 0 Å². The van der Waals surface area contributed by atoms with Gasteiger partial charge in [-0.2, -0.15) is 8.62 Å². The monoisotopic (exact) mass is 668 g/mol. The first-order valence-corrected chi connectivity index (χ1v) is 16.9. The molecule has 0 amide bonds. The van der Waals surface area contributed by atoms with E-state index in [1.54, 1.807) is 36.7 Å². The van der Waals surface area contributed by atoms with Crippen LogP contribution >= 0.6 is 23.5 Å². The molecule has 1 aliphatic heterocycles. The first kappa shape index (κ1) is 32.0. The lowest BCUT2D eigenvalue weighted by atomic mass is 10.2. The fourth-order valence-corrected chi connectivity index (χ4v) is 7.25. The molecule has 1 aliphatic rings. The molecule has 4 aromatic rings. The van der Waals surface area contributed by atoms with Crippen LogP contribution in [0.5, 0.6) is 0 Å². The van der Waals surface area contributed by atoms with Crippen molar-refractivity contribution >= 4 is 40.3 Å². The van der Waals surface area contributed by atoms with E-state index < -0.39 is 48.5 Å². The van der Waals surface area contributed by atoms with Gasteiger partial charge in [-0.05, 0) is 30.2 Å². The van der Waals surface area contributed by atoms with Crippen LogP contribution in [0.25, 0.3) is 22.4 Å². The molecule has 0 radical (unpaired) electrons. The number of hydrogen-bond acceptors (Lipinski definition) is 13. The highest BCUT2D eigenvalue weighted by atomic mass is 31.3. The van der Waals surface area contributed by atoms with Crippen LogP contribution in [0.15, 0.2) is 55.1 Å². The Morgan fingerprint density at radius 3 is 2.48 bits per heavy atom. The maximum absolute atomic E-state index is 12.1. The van der Waals surface area contributed by atoms with E-state index in [2.05, 4.69) is 44.9 Å². The van der Waals surface area contributed by atoms with E-state index in [4.69, 9.17) is 20.3 Å². The van der Waals surface area contributed by atoms with Crippen LogP contribution in [0.4, 0.5) is 5.82 Å². The number of pyridine rings is 2. The Morgan fingerprint density at radius 1 is 0.977 bits per heavy atom. The van der Waals surface area contributed by atoms with Gasteiger partial charge in [-0.15, -0.1) is 0 Å². The molecule has 5 atom stereocenters. The summed E-state index contributed by atoms with van der Waals surface area (Å²) in [5.41, 5.74) is 8.60. The minimum Gasteiger partial charge on any atom is -0.390 e. The van der Waals surface area contributed by atoms with Gasteiger partial charge in [0.05, 0.1) is 35.0 Å². The number of nitrogen functional groups attached to an aromatic ring is 1. The van der Waals surface area contributed by atoms with Crippen molar-refractivity contribution in [2.45, 2.75) is 24.9 Å². The van der Waals surface area contributed by atoms with Crippen molar-refractivity contribution in [3.63, 3.8) is 0 Å². The second kappa shape index (κ2) is 12.5. The lowest BCUT2D eigenvalue weighted by Gasteiger charge is -2.19. The van der Waals surface area contributed by atoms with E-state index in [1.165, 1.54) is 10.9 Å². The summed E-state index contributed by atoms with van der Waals surface area (Å²) >= 11 is 0. The minimum atomic E-state index is -5.70. The Bertz CT molecular complexity index is 1890. The number of phosphoric acid groups is 3. The molecule has 44 heavy (non-hydrogen) atoms. The van der Waals surface area contributed by atoms with Crippen LogP contribution in [-0.4, -0.2) is 68.0 Å². The molecule has 1 fully saturated rings. The van der Waals surface area contributed by atoms with Gasteiger partial charge >= 0.3 is 23.5 Å². The fourth-order valence-electron chi connectivity index (χ4n) is 4.22. The number of anilines is 1. The lowest BCUT2D eigenvalue weighted by Crippen LogP contribution is -2.26. The number of aliphatic hydroxyl groups excluding tert-OH is 1. The Balaban J connectivity index is 1.34. The first-order valence-electron chi connectivity index (χ1n) is 12.3. The molecule has 18 nitrogen and oxygen atoms in total. The highest BCUT2D eigenvalue weighted by molar-refractivity contribution is 7.66. The summed E-state index contributed by atoms with van der Waals surface area (Å²) in [5, 5.41) is 10.9. The standard InChI is InChI=1S/C23H23N6O12P3/c24-22-21-14(7-8-15-4-3-6-17(28-15)16-5-1-2-9-25-16)11-29(23(21)27-13-26-22)20-10-18(30)19(39-20)12-38-43(34,35)41-44(36,37)40-42(31,32)33/h1-6,9,11,13,18-20,30H,10,12H2,(H,34,35)(H,36,37)(H2,24,26,27)(H2,31,32,33)/t18-,19+,20+/m0/s1. The van der Waals surface area contributed by atoms with Gasteiger partial charge in [0.15, 0.2) is 0 Å². The average molecular weight is 668 g/mol. The zero-order valence-corrected chi connectivity index (χ0v) is 24.8. The van der Waals surface area contributed by atoms with Crippen molar-refractivity contribution in [1.29, 1.82) is 0 Å². The zero-order valence-electron chi connectivity index (χ0n) is 22.1. The quantitative estimate of drug-likeness (QED) is 0.110. The highest BCUT2D eigenvalue weighted by Crippen LogP contribution is 2.66. The molecule has 0 aromatic carbocycles. The van der Waals surface area contributed by atoms with Gasteiger partial charge in [-0.3, -0.25) is 9.51 Å². The fraction of sp³-hybridized carbons (Fsp3) is 0.217. The smallest absolute Gasteiger partial charge is 0.390 e. The summed E-state index contributed by atoms with van der Waals surface area (Å²) < 4.78 is 53.7. The highest BCUT2D eigenvalue weighted by Gasteiger charge is 2.43. The van der Waals surface area contributed by atoms with E-state index in [0.717, 1.165) is 0 Å². The lowest BCUT2D eigenvalue weighted by molar-refractivity contribution is -0.0421. The number of aromatic nitrogens is 5. The molecule has 232 valence electrons. The molecule has 5 heterocycles. The Morgan fingerprint density at radius 2 is 1.75 bits per heavy atom. The number of nitrogens with zero attached hydrogens (tertiary/aromatic N) is 5. The zero-order chi connectivity index (χ0) is 31.7. The predicted molar refractivity (Wildman–Crippen MR) is 150 cm³/mol. The summed E-state index contributed by atoms with van der Waals surface area (Å²) in [7, 11) is -16.7. The van der Waals surface area contributed by atoms with E-state index in [-0.39, 0.29) is 12.2 Å². The predicted octanol–water partition coefficient (Wildman–Crippen LogP) is 1.86. The van der Waals surface area contributed by atoms with Crippen molar-refractivity contribution in [2.24, 2.45) is 0 Å². The summed E-state index contributed by atoms with van der Waals surface area (Å²) in [4.78, 5) is 53.5. The number of fused-ring (bicyclic) bond motifs is 1. The summed E-state index contributed by atoms with van der Waals surface area (Å²) in [6, 6.07) is 10.8. The van der Waals surface area contributed by atoms with Crippen LogP contribution in [-0.2, 0) is 31.6 Å². The van der Waals surface area contributed by atoms with Crippen molar-refractivity contribution in [3.8, 4) is 23.2 Å². The number of nitrogens with two attached hydrogens (primary N) is 1. The largest absolute Gasteiger partial charge is 0.490 e. The molecule has 4 aromatic heterocycles. The maximum atomic E-state index is 12.1. The van der Waals surface area contributed by atoms with Crippen LogP contribution in [0.2, 0.25) is 0 Å². The first-order chi connectivity index (χ1) is 20.7. The second-order valence-corrected chi connectivity index (χ2v) is 13.5. The van der Waals surface area contributed by atoms with Crippen LogP contribution < -0.4 is 5.73 Å². The van der Waals surface area contributed by atoms with E-state index in [0.29, 0.717) is 33.7 Å². The van der Waals surface area contributed by atoms with Crippen LogP contribution in [0.1, 0.15) is 23.9 Å². The third kappa shape index (κ3) is 7.81. The number of rotatable bonds is 9. The van der Waals surface area contributed by atoms with Crippen molar-refractivity contribution < 1.29 is 56.3 Å². The third-order valence-electron chi connectivity index (χ3n) is 5.97. The summed E-state index contributed by atoms with van der Waals surface area (Å²) in [6.07, 6.45) is 0.970. The SMILES string of the molecule is Nc1ncnc2c1c(C#Cc1cccc(-c3ccccn3)n1)cn2[C@H]1C[C@H](O)[C@@H](COP(=O)(O)OP(=O)(O)OP(=O)(O)O)O1. The van der Waals surface area contributed by atoms with Crippen molar-refractivity contribution in [1.82, 2.24) is 24.5 Å². The minimum absolute atomic E-state index is 0.0569. The summed E-state index contributed by atoms with van der Waals surface area (Å²) in [5.74, 6) is 6.12. The van der Waals surface area contributed by atoms with Gasteiger partial charge in [0.1, 0.15) is 35.8 Å². The van der Waals surface area contributed by atoms with Crippen molar-refractivity contribution in [3.05, 3.63) is 66.4 Å². The molecule has 1 saturated heterocycles. The molecule has 0 saturated carbocycles. The Kier molecular flexibility index (Phi) is 9.13. The third-order valence-corrected chi connectivity index (χ3v) is 9.78. The number of phosphoric ester groups is 1. The van der Waals surface area contributed by atoms with Gasteiger partial charge in [-0.1, -0.05) is 18.1 Å². The van der Waals surface area contributed by atoms with Crippen LogP contribution in [0, 0.1) is 11.8 Å². The average Bonchev–Trinajstić information content (AvgIpc) is 3.50. The molecule has 7 N–H and O–H groups in total. The van der Waals surface area contributed by atoms with E-state index >= 15 is 0 Å². The Hall–Kier alpha value is -3.39.